The zero-order valence-electron chi connectivity index (χ0n) is 13.6. The average Bonchev–Trinajstić information content (AvgIpc) is 3.18. The molecule has 1 aliphatic rings. The van der Waals surface area contributed by atoms with E-state index in [4.69, 9.17) is 0 Å². The fourth-order valence-corrected chi connectivity index (χ4v) is 4.34. The van der Waals surface area contributed by atoms with Gasteiger partial charge in [-0.2, -0.15) is 5.10 Å². The fraction of sp³-hybridized carbons (Fsp3) is 0.500. The Morgan fingerprint density at radius 2 is 2.33 bits per heavy atom. The van der Waals surface area contributed by atoms with E-state index in [2.05, 4.69) is 20.0 Å². The first-order valence-electron chi connectivity index (χ1n) is 8.20. The van der Waals surface area contributed by atoms with E-state index in [1.165, 1.54) is 24.2 Å². The van der Waals surface area contributed by atoms with Crippen molar-refractivity contribution < 1.29 is 0 Å². The maximum atomic E-state index is 12.3. The molecule has 1 fully saturated rings. The highest BCUT2D eigenvalue weighted by molar-refractivity contribution is 7.15. The molecule has 24 heavy (non-hydrogen) atoms. The highest BCUT2D eigenvalue weighted by atomic mass is 32.1. The topological polar surface area (TPSA) is 68.3 Å². The highest BCUT2D eigenvalue weighted by Gasteiger charge is 2.21. The normalized spacial score (nSPS) is 19.1. The van der Waals surface area contributed by atoms with Gasteiger partial charge in [0.15, 0.2) is 4.96 Å². The molecule has 7 nitrogen and oxygen atoms in total. The number of piperidine rings is 1. The lowest BCUT2D eigenvalue weighted by Gasteiger charge is -2.32. The van der Waals surface area contributed by atoms with Crippen LogP contribution in [0.1, 0.15) is 24.2 Å². The summed E-state index contributed by atoms with van der Waals surface area (Å²) in [6.07, 6.45) is 5.72. The SMILES string of the molecule is Cc1csc2nc(CN3CCC[C@@H](Cn4cncn4)C3)cc(=O)n12. The van der Waals surface area contributed by atoms with Crippen LogP contribution >= 0.6 is 11.3 Å². The van der Waals surface area contributed by atoms with Gasteiger partial charge >= 0.3 is 0 Å². The number of aromatic nitrogens is 5. The van der Waals surface area contributed by atoms with Crippen LogP contribution in [0.2, 0.25) is 0 Å². The molecule has 0 aromatic carbocycles. The van der Waals surface area contributed by atoms with Crippen LogP contribution in [0.4, 0.5) is 0 Å². The van der Waals surface area contributed by atoms with Crippen LogP contribution in [0.15, 0.2) is 28.9 Å². The summed E-state index contributed by atoms with van der Waals surface area (Å²) in [6, 6.07) is 1.67. The van der Waals surface area contributed by atoms with Crippen molar-refractivity contribution in [2.75, 3.05) is 13.1 Å². The van der Waals surface area contributed by atoms with Crippen LogP contribution in [0, 0.1) is 12.8 Å². The number of aryl methyl sites for hydroxylation is 1. The van der Waals surface area contributed by atoms with Gasteiger partial charge in [-0.15, -0.1) is 11.3 Å². The molecule has 0 saturated carbocycles. The minimum Gasteiger partial charge on any atom is -0.297 e. The van der Waals surface area contributed by atoms with E-state index in [9.17, 15) is 4.79 Å². The third-order valence-electron chi connectivity index (χ3n) is 4.53. The van der Waals surface area contributed by atoms with Gasteiger partial charge in [0, 0.05) is 36.8 Å². The van der Waals surface area contributed by atoms with Crippen LogP contribution in [0.5, 0.6) is 0 Å². The smallest absolute Gasteiger partial charge is 0.259 e. The standard InChI is InChI=1S/C16H20N6OS/c1-12-9-24-16-19-14(5-15(23)22(12)16)8-20-4-2-3-13(6-20)7-21-11-17-10-18-21/h5,9-11,13H,2-4,6-8H2,1H3/t13-/m1/s1. The summed E-state index contributed by atoms with van der Waals surface area (Å²) in [5, 5.41) is 6.17. The lowest BCUT2D eigenvalue weighted by atomic mass is 9.98. The predicted octanol–water partition coefficient (Wildman–Crippen LogP) is 1.57. The minimum atomic E-state index is 0.0184. The van der Waals surface area contributed by atoms with Crippen molar-refractivity contribution in [3.8, 4) is 0 Å². The Morgan fingerprint density at radius 3 is 3.17 bits per heavy atom. The van der Waals surface area contributed by atoms with Crippen molar-refractivity contribution in [2.45, 2.75) is 32.9 Å². The molecule has 0 spiro atoms. The van der Waals surface area contributed by atoms with Gasteiger partial charge < -0.3 is 0 Å². The maximum Gasteiger partial charge on any atom is 0.259 e. The van der Waals surface area contributed by atoms with E-state index in [0.29, 0.717) is 5.92 Å². The summed E-state index contributed by atoms with van der Waals surface area (Å²) in [7, 11) is 0. The Balaban J connectivity index is 1.47. The molecule has 0 unspecified atom stereocenters. The molecule has 8 heteroatoms. The van der Waals surface area contributed by atoms with Crippen molar-refractivity contribution in [1.82, 2.24) is 29.0 Å². The second-order valence-corrected chi connectivity index (χ2v) is 7.28. The number of hydrogen-bond acceptors (Lipinski definition) is 6. The summed E-state index contributed by atoms with van der Waals surface area (Å²) >= 11 is 1.52. The Hall–Kier alpha value is -2.06. The molecule has 4 rings (SSSR count). The number of nitrogens with zero attached hydrogens (tertiary/aromatic N) is 6. The monoisotopic (exact) mass is 344 g/mol. The third-order valence-corrected chi connectivity index (χ3v) is 5.47. The molecule has 1 aliphatic heterocycles. The molecule has 0 aliphatic carbocycles. The van der Waals surface area contributed by atoms with Gasteiger partial charge in [0.2, 0.25) is 0 Å². The zero-order valence-corrected chi connectivity index (χ0v) is 14.4. The Bertz CT molecular complexity index is 884. The van der Waals surface area contributed by atoms with Crippen LogP contribution in [0.25, 0.3) is 4.96 Å². The molecule has 0 bridgehead atoms. The largest absolute Gasteiger partial charge is 0.297 e. The minimum absolute atomic E-state index is 0.0184. The number of rotatable bonds is 4. The Morgan fingerprint density at radius 1 is 1.42 bits per heavy atom. The van der Waals surface area contributed by atoms with Gasteiger partial charge in [-0.3, -0.25) is 18.8 Å². The number of hydrogen-bond donors (Lipinski definition) is 0. The van der Waals surface area contributed by atoms with Crippen molar-refractivity contribution in [3.63, 3.8) is 0 Å². The van der Waals surface area contributed by atoms with Gasteiger partial charge in [0.1, 0.15) is 12.7 Å². The predicted molar refractivity (Wildman–Crippen MR) is 92.1 cm³/mol. The van der Waals surface area contributed by atoms with E-state index < -0.39 is 0 Å². The lowest BCUT2D eigenvalue weighted by molar-refractivity contribution is 0.152. The first kappa shape index (κ1) is 15.5. The molecule has 0 radical (unpaired) electrons. The first-order valence-corrected chi connectivity index (χ1v) is 9.08. The number of likely N-dealkylation sites (tertiary alicyclic amines) is 1. The van der Waals surface area contributed by atoms with Gasteiger partial charge in [-0.25, -0.2) is 9.97 Å². The van der Waals surface area contributed by atoms with Crippen molar-refractivity contribution in [1.29, 1.82) is 0 Å². The maximum absolute atomic E-state index is 12.3. The van der Waals surface area contributed by atoms with Gasteiger partial charge in [0.25, 0.3) is 5.56 Å². The van der Waals surface area contributed by atoms with E-state index in [0.717, 1.165) is 42.5 Å². The second-order valence-electron chi connectivity index (χ2n) is 6.44. The van der Waals surface area contributed by atoms with Gasteiger partial charge in [0.05, 0.1) is 5.69 Å². The summed E-state index contributed by atoms with van der Waals surface area (Å²) in [4.78, 5) is 24.1. The van der Waals surface area contributed by atoms with Crippen molar-refractivity contribution in [2.24, 2.45) is 5.92 Å². The molecule has 0 N–H and O–H groups in total. The Labute approximate surface area is 143 Å². The average molecular weight is 344 g/mol. The fourth-order valence-electron chi connectivity index (χ4n) is 3.45. The second kappa shape index (κ2) is 6.45. The molecule has 1 saturated heterocycles. The van der Waals surface area contributed by atoms with E-state index >= 15 is 0 Å². The van der Waals surface area contributed by atoms with E-state index in [-0.39, 0.29) is 5.56 Å². The van der Waals surface area contributed by atoms with Crippen molar-refractivity contribution >= 4 is 16.3 Å². The zero-order chi connectivity index (χ0) is 16.5. The van der Waals surface area contributed by atoms with Crippen LogP contribution in [-0.2, 0) is 13.1 Å². The van der Waals surface area contributed by atoms with Gasteiger partial charge in [-0.05, 0) is 32.2 Å². The highest BCUT2D eigenvalue weighted by Crippen LogP contribution is 2.20. The lowest BCUT2D eigenvalue weighted by Crippen LogP contribution is -2.37. The summed E-state index contributed by atoms with van der Waals surface area (Å²) in [5.74, 6) is 0.564. The van der Waals surface area contributed by atoms with Gasteiger partial charge in [-0.1, -0.05) is 0 Å². The van der Waals surface area contributed by atoms with Crippen LogP contribution < -0.4 is 5.56 Å². The molecule has 1 atom stereocenters. The molecule has 0 amide bonds. The van der Waals surface area contributed by atoms with Crippen molar-refractivity contribution in [3.05, 3.63) is 45.8 Å². The summed E-state index contributed by atoms with van der Waals surface area (Å²) in [5.41, 5.74) is 1.83. The third kappa shape index (κ3) is 3.11. The molecular formula is C16H20N6OS. The number of thiazole rings is 1. The van der Waals surface area contributed by atoms with E-state index in [1.807, 2.05) is 17.0 Å². The molecule has 4 heterocycles. The molecular weight excluding hydrogens is 324 g/mol. The number of fused-ring (bicyclic) bond motifs is 1. The summed E-state index contributed by atoms with van der Waals surface area (Å²) < 4.78 is 3.58. The van der Waals surface area contributed by atoms with Crippen LogP contribution in [-0.4, -0.2) is 42.1 Å². The first-order chi connectivity index (χ1) is 11.7. The molecule has 3 aromatic rings. The quantitative estimate of drug-likeness (QED) is 0.719. The molecule has 3 aromatic heterocycles. The van der Waals surface area contributed by atoms with E-state index in [1.54, 1.807) is 23.1 Å². The molecule has 126 valence electrons. The Kier molecular flexibility index (Phi) is 4.15. The van der Waals surface area contributed by atoms with Crippen LogP contribution in [0.3, 0.4) is 0 Å². The summed E-state index contributed by atoms with van der Waals surface area (Å²) in [6.45, 7) is 5.63.